The van der Waals surface area contributed by atoms with Crippen molar-refractivity contribution in [3.05, 3.63) is 88.9 Å². The van der Waals surface area contributed by atoms with E-state index in [2.05, 4.69) is 5.32 Å². The summed E-state index contributed by atoms with van der Waals surface area (Å²) in [5.41, 5.74) is 1.85. The summed E-state index contributed by atoms with van der Waals surface area (Å²) in [6.07, 6.45) is 4.30. The van der Waals surface area contributed by atoms with Crippen LogP contribution >= 0.6 is 11.6 Å². The molecular weight excluding hydrogens is 574 g/mol. The molecule has 224 valence electrons. The first-order valence-corrected chi connectivity index (χ1v) is 16.0. The van der Waals surface area contributed by atoms with E-state index in [0.717, 1.165) is 41.1 Å². The Morgan fingerprint density at radius 1 is 1.02 bits per heavy atom. The fraction of sp³-hybridized carbons (Fsp3) is 0.375. The number of hydrogen-bond donors (Lipinski definition) is 1. The van der Waals surface area contributed by atoms with Gasteiger partial charge in [0.25, 0.3) is 10.0 Å². The summed E-state index contributed by atoms with van der Waals surface area (Å²) in [4.78, 5) is 29.3. The molecule has 8 nitrogen and oxygen atoms in total. The Labute approximate surface area is 253 Å². The normalized spacial score (nSPS) is 14.3. The van der Waals surface area contributed by atoms with Crippen molar-refractivity contribution in [2.75, 3.05) is 18.0 Å². The minimum Gasteiger partial charge on any atom is -0.495 e. The monoisotopic (exact) mass is 611 g/mol. The lowest BCUT2D eigenvalue weighted by molar-refractivity contribution is -0.140. The van der Waals surface area contributed by atoms with Crippen LogP contribution in [0.25, 0.3) is 0 Å². The summed E-state index contributed by atoms with van der Waals surface area (Å²) < 4.78 is 34.8. The zero-order valence-corrected chi connectivity index (χ0v) is 25.8. The molecule has 0 radical (unpaired) electrons. The molecule has 0 spiro atoms. The van der Waals surface area contributed by atoms with Crippen molar-refractivity contribution >= 4 is 39.1 Å². The molecule has 0 saturated heterocycles. The molecule has 0 heterocycles. The lowest BCUT2D eigenvalue weighted by Crippen LogP contribution is -2.53. The van der Waals surface area contributed by atoms with Gasteiger partial charge in [-0.2, -0.15) is 0 Å². The molecule has 42 heavy (non-hydrogen) atoms. The SMILES string of the molecule is CC[C@H](C(=O)NC1CCCC1)N(Cc1ccccc1)C(=O)CN(c1cc(Cl)ccc1OC)S(=O)(=O)c1ccc(C)cc1. The van der Waals surface area contributed by atoms with Gasteiger partial charge in [-0.05, 0) is 62.1 Å². The summed E-state index contributed by atoms with van der Waals surface area (Å²) in [7, 11) is -2.82. The van der Waals surface area contributed by atoms with E-state index in [-0.39, 0.29) is 39.8 Å². The van der Waals surface area contributed by atoms with Gasteiger partial charge < -0.3 is 15.0 Å². The van der Waals surface area contributed by atoms with Gasteiger partial charge in [0.15, 0.2) is 0 Å². The van der Waals surface area contributed by atoms with Gasteiger partial charge in [0.2, 0.25) is 11.8 Å². The maximum Gasteiger partial charge on any atom is 0.264 e. The van der Waals surface area contributed by atoms with Gasteiger partial charge in [0.1, 0.15) is 18.3 Å². The average Bonchev–Trinajstić information content (AvgIpc) is 3.49. The first-order valence-electron chi connectivity index (χ1n) is 14.2. The fourth-order valence-electron chi connectivity index (χ4n) is 5.28. The summed E-state index contributed by atoms with van der Waals surface area (Å²) in [6, 6.07) is 19.7. The minimum absolute atomic E-state index is 0.0172. The van der Waals surface area contributed by atoms with Gasteiger partial charge >= 0.3 is 0 Å². The second-order valence-electron chi connectivity index (χ2n) is 10.6. The summed E-state index contributed by atoms with van der Waals surface area (Å²) in [5.74, 6) is -0.518. The Morgan fingerprint density at radius 2 is 1.69 bits per heavy atom. The maximum absolute atomic E-state index is 14.3. The second-order valence-corrected chi connectivity index (χ2v) is 12.9. The molecule has 0 aromatic heterocycles. The van der Waals surface area contributed by atoms with Crippen molar-refractivity contribution in [1.82, 2.24) is 10.2 Å². The van der Waals surface area contributed by atoms with E-state index in [1.54, 1.807) is 24.3 Å². The van der Waals surface area contributed by atoms with Crippen LogP contribution in [0.4, 0.5) is 5.69 Å². The third-order valence-corrected chi connectivity index (χ3v) is 9.59. The molecule has 3 aromatic carbocycles. The topological polar surface area (TPSA) is 96.0 Å². The number of sulfonamides is 1. The van der Waals surface area contributed by atoms with Crippen molar-refractivity contribution in [3.8, 4) is 5.75 Å². The van der Waals surface area contributed by atoms with E-state index in [9.17, 15) is 18.0 Å². The summed E-state index contributed by atoms with van der Waals surface area (Å²) in [6.45, 7) is 3.29. The van der Waals surface area contributed by atoms with Crippen LogP contribution in [0.2, 0.25) is 5.02 Å². The van der Waals surface area contributed by atoms with Crippen molar-refractivity contribution in [2.24, 2.45) is 0 Å². The van der Waals surface area contributed by atoms with Gasteiger partial charge in [-0.25, -0.2) is 8.42 Å². The number of methoxy groups -OCH3 is 1. The number of benzene rings is 3. The highest BCUT2D eigenvalue weighted by molar-refractivity contribution is 7.92. The van der Waals surface area contributed by atoms with Gasteiger partial charge in [0, 0.05) is 17.6 Å². The standard InChI is InChI=1S/C32H38ClN3O5S/c1-4-28(32(38)34-26-12-8-9-13-26)35(21-24-10-6-5-7-11-24)31(37)22-36(29-20-25(33)16-19-30(29)41-3)42(39,40)27-17-14-23(2)15-18-27/h5-7,10-11,14-20,26,28H,4,8-9,12-13,21-22H2,1-3H3,(H,34,38)/t28-/m1/s1. The Bertz CT molecular complexity index is 1480. The Morgan fingerprint density at radius 3 is 2.31 bits per heavy atom. The molecule has 1 atom stereocenters. The number of halogens is 1. The van der Waals surface area contributed by atoms with Crippen LogP contribution < -0.4 is 14.4 Å². The lowest BCUT2D eigenvalue weighted by Gasteiger charge is -2.34. The third kappa shape index (κ3) is 7.44. The van der Waals surface area contributed by atoms with Crippen molar-refractivity contribution in [1.29, 1.82) is 0 Å². The zero-order valence-electron chi connectivity index (χ0n) is 24.3. The number of carbonyl (C=O) groups excluding carboxylic acids is 2. The van der Waals surface area contributed by atoms with Gasteiger partial charge in [-0.1, -0.05) is 79.4 Å². The lowest BCUT2D eigenvalue weighted by atomic mass is 10.1. The largest absolute Gasteiger partial charge is 0.495 e. The molecule has 3 aromatic rings. The molecule has 1 N–H and O–H groups in total. The highest BCUT2D eigenvalue weighted by Crippen LogP contribution is 2.35. The predicted octanol–water partition coefficient (Wildman–Crippen LogP) is 5.72. The molecule has 10 heteroatoms. The van der Waals surface area contributed by atoms with Crippen LogP contribution in [0.15, 0.2) is 77.7 Å². The van der Waals surface area contributed by atoms with Crippen molar-refractivity contribution in [2.45, 2.75) is 69.5 Å². The number of hydrogen-bond acceptors (Lipinski definition) is 5. The smallest absolute Gasteiger partial charge is 0.264 e. The van der Waals surface area contributed by atoms with E-state index in [0.29, 0.717) is 6.42 Å². The first-order chi connectivity index (χ1) is 20.1. The van der Waals surface area contributed by atoms with Crippen molar-refractivity contribution < 1.29 is 22.7 Å². The number of nitrogens with one attached hydrogen (secondary N) is 1. The molecule has 4 rings (SSSR count). The van der Waals surface area contributed by atoms with E-state index in [1.165, 1.54) is 30.2 Å². The third-order valence-electron chi connectivity index (χ3n) is 7.58. The van der Waals surface area contributed by atoms with Crippen LogP contribution in [-0.4, -0.2) is 50.9 Å². The molecular formula is C32H38ClN3O5S. The number of carbonyl (C=O) groups is 2. The highest BCUT2D eigenvalue weighted by Gasteiger charge is 2.35. The number of ether oxygens (including phenoxy) is 1. The molecule has 0 aliphatic heterocycles. The van der Waals surface area contributed by atoms with Crippen LogP contribution in [0.5, 0.6) is 5.75 Å². The Balaban J connectivity index is 1.75. The minimum atomic E-state index is -4.25. The van der Waals surface area contributed by atoms with Crippen LogP contribution in [-0.2, 0) is 26.2 Å². The molecule has 1 fully saturated rings. The highest BCUT2D eigenvalue weighted by atomic mass is 35.5. The number of rotatable bonds is 12. The molecule has 1 aliphatic rings. The zero-order chi connectivity index (χ0) is 30.3. The number of aryl methyl sites for hydroxylation is 1. The van der Waals surface area contributed by atoms with Crippen molar-refractivity contribution in [3.63, 3.8) is 0 Å². The molecule has 0 bridgehead atoms. The van der Waals surface area contributed by atoms with Gasteiger partial charge in [-0.3, -0.25) is 13.9 Å². The van der Waals surface area contributed by atoms with Gasteiger partial charge in [0.05, 0.1) is 17.7 Å². The number of amides is 2. The first kappa shape index (κ1) is 31.4. The van der Waals surface area contributed by atoms with Crippen LogP contribution in [0, 0.1) is 6.92 Å². The van der Waals surface area contributed by atoms with E-state index in [4.69, 9.17) is 16.3 Å². The molecule has 1 aliphatic carbocycles. The number of nitrogens with zero attached hydrogens (tertiary/aromatic N) is 2. The Kier molecular flexibility index (Phi) is 10.5. The van der Waals surface area contributed by atoms with E-state index >= 15 is 0 Å². The van der Waals surface area contributed by atoms with E-state index in [1.807, 2.05) is 44.2 Å². The fourth-order valence-corrected chi connectivity index (χ4v) is 6.86. The maximum atomic E-state index is 14.3. The quantitative estimate of drug-likeness (QED) is 0.283. The summed E-state index contributed by atoms with van der Waals surface area (Å²) >= 11 is 6.31. The molecule has 1 saturated carbocycles. The summed E-state index contributed by atoms with van der Waals surface area (Å²) in [5, 5.41) is 3.40. The second kappa shape index (κ2) is 14.1. The molecule has 2 amide bonds. The van der Waals surface area contributed by atoms with Crippen LogP contribution in [0.1, 0.15) is 50.2 Å². The van der Waals surface area contributed by atoms with E-state index < -0.39 is 28.5 Å². The Hall–Kier alpha value is -3.56. The average molecular weight is 612 g/mol. The van der Waals surface area contributed by atoms with Crippen LogP contribution in [0.3, 0.4) is 0 Å². The predicted molar refractivity (Wildman–Crippen MR) is 165 cm³/mol. The van der Waals surface area contributed by atoms with Gasteiger partial charge in [-0.15, -0.1) is 0 Å². The molecule has 0 unspecified atom stereocenters. The number of anilines is 1.